The summed E-state index contributed by atoms with van der Waals surface area (Å²) >= 11 is 1.74. The Morgan fingerprint density at radius 1 is 1.65 bits per heavy atom. The van der Waals surface area contributed by atoms with Gasteiger partial charge in [-0.2, -0.15) is 0 Å². The second-order valence-corrected chi connectivity index (χ2v) is 5.73. The quantitative estimate of drug-likeness (QED) is 0.893. The molecule has 0 fully saturated rings. The summed E-state index contributed by atoms with van der Waals surface area (Å²) < 4.78 is 5.18. The van der Waals surface area contributed by atoms with Gasteiger partial charge in [0, 0.05) is 25.1 Å². The van der Waals surface area contributed by atoms with Crippen LogP contribution in [-0.2, 0) is 11.2 Å². The summed E-state index contributed by atoms with van der Waals surface area (Å²) in [5, 5.41) is 1.07. The van der Waals surface area contributed by atoms with Gasteiger partial charge in [-0.15, -0.1) is 0 Å². The highest BCUT2D eigenvalue weighted by atomic mass is 32.1. The molecule has 1 aromatic rings. The number of nitrogens with zero attached hydrogens (tertiary/aromatic N) is 2. The van der Waals surface area contributed by atoms with Crippen LogP contribution in [0.3, 0.4) is 0 Å². The fourth-order valence-electron chi connectivity index (χ4n) is 2.13. The average molecular weight is 255 g/mol. The number of rotatable bonds is 4. The monoisotopic (exact) mass is 255 g/mol. The lowest BCUT2D eigenvalue weighted by atomic mass is 9.99. The van der Waals surface area contributed by atoms with Crippen LogP contribution in [0.4, 0.5) is 5.13 Å². The van der Waals surface area contributed by atoms with E-state index in [1.807, 2.05) is 0 Å². The van der Waals surface area contributed by atoms with Gasteiger partial charge in [0.15, 0.2) is 5.13 Å². The van der Waals surface area contributed by atoms with Crippen molar-refractivity contribution in [3.63, 3.8) is 0 Å². The number of anilines is 1. The maximum absolute atomic E-state index is 6.12. The van der Waals surface area contributed by atoms with Crippen LogP contribution in [0.15, 0.2) is 0 Å². The molecule has 4 nitrogen and oxygen atoms in total. The zero-order valence-corrected chi connectivity index (χ0v) is 11.6. The molecule has 2 unspecified atom stereocenters. The van der Waals surface area contributed by atoms with Gasteiger partial charge < -0.3 is 15.4 Å². The highest BCUT2D eigenvalue weighted by molar-refractivity contribution is 7.15. The second kappa shape index (κ2) is 5.33. The van der Waals surface area contributed by atoms with Crippen molar-refractivity contribution in [3.05, 3.63) is 10.6 Å². The number of hydrogen-bond donors (Lipinski definition) is 1. The van der Waals surface area contributed by atoms with Crippen molar-refractivity contribution in [2.45, 2.75) is 38.3 Å². The molecule has 0 aromatic carbocycles. The molecule has 1 aliphatic rings. The van der Waals surface area contributed by atoms with Crippen molar-refractivity contribution < 1.29 is 4.74 Å². The first-order chi connectivity index (χ1) is 8.13. The molecule has 1 aromatic heterocycles. The third-order valence-electron chi connectivity index (χ3n) is 3.35. The van der Waals surface area contributed by atoms with Crippen molar-refractivity contribution in [3.8, 4) is 0 Å². The van der Waals surface area contributed by atoms with E-state index in [1.165, 1.54) is 10.6 Å². The first-order valence-corrected chi connectivity index (χ1v) is 6.92. The molecule has 17 heavy (non-hydrogen) atoms. The minimum Gasteiger partial charge on any atom is -0.383 e. The number of hydrogen-bond acceptors (Lipinski definition) is 5. The third-order valence-corrected chi connectivity index (χ3v) is 4.67. The fraction of sp³-hybridized carbons (Fsp3) is 0.750. The van der Waals surface area contributed by atoms with Crippen molar-refractivity contribution >= 4 is 16.5 Å². The molecule has 0 saturated carbocycles. The van der Waals surface area contributed by atoms with E-state index >= 15 is 0 Å². The molecule has 0 spiro atoms. The van der Waals surface area contributed by atoms with E-state index in [-0.39, 0.29) is 6.04 Å². The summed E-state index contributed by atoms with van der Waals surface area (Å²) in [7, 11) is 3.80. The van der Waals surface area contributed by atoms with E-state index in [1.54, 1.807) is 18.4 Å². The highest BCUT2D eigenvalue weighted by Gasteiger charge is 2.24. The maximum Gasteiger partial charge on any atom is 0.185 e. The second-order valence-electron chi connectivity index (χ2n) is 4.72. The first kappa shape index (κ1) is 12.8. The van der Waals surface area contributed by atoms with E-state index in [0.29, 0.717) is 12.6 Å². The number of ether oxygens (including phenoxy) is 1. The third kappa shape index (κ3) is 2.61. The van der Waals surface area contributed by atoms with Crippen LogP contribution in [0, 0.1) is 0 Å². The van der Waals surface area contributed by atoms with Crippen LogP contribution in [-0.4, -0.2) is 31.8 Å². The predicted octanol–water partition coefficient (Wildman–Crippen LogP) is 1.95. The largest absolute Gasteiger partial charge is 0.383 e. The molecule has 0 aliphatic heterocycles. The van der Waals surface area contributed by atoms with Crippen molar-refractivity contribution in [1.82, 2.24) is 4.98 Å². The van der Waals surface area contributed by atoms with Gasteiger partial charge in [-0.3, -0.25) is 0 Å². The summed E-state index contributed by atoms with van der Waals surface area (Å²) in [5.41, 5.74) is 7.33. The standard InChI is InChI=1S/C12H21N3OS/c1-8(7-16-3)15(2)12-14-10-6-4-5-9(13)11(10)17-12/h8-9H,4-7,13H2,1-3H3. The number of fused-ring (bicyclic) bond motifs is 1. The van der Waals surface area contributed by atoms with E-state index in [0.717, 1.165) is 24.4 Å². The molecule has 1 aliphatic carbocycles. The molecule has 2 rings (SSSR count). The fourth-order valence-corrected chi connectivity index (χ4v) is 3.34. The minimum atomic E-state index is 0.191. The van der Waals surface area contributed by atoms with Gasteiger partial charge in [-0.1, -0.05) is 11.3 Å². The van der Waals surface area contributed by atoms with Gasteiger partial charge in [0.25, 0.3) is 0 Å². The molecular formula is C12H21N3OS. The Morgan fingerprint density at radius 3 is 3.06 bits per heavy atom. The van der Waals surface area contributed by atoms with Crippen LogP contribution in [0.25, 0.3) is 0 Å². The van der Waals surface area contributed by atoms with E-state index in [9.17, 15) is 0 Å². The summed E-state index contributed by atoms with van der Waals surface area (Å²) in [6, 6.07) is 0.528. The summed E-state index contributed by atoms with van der Waals surface area (Å²) in [6.07, 6.45) is 3.33. The molecule has 96 valence electrons. The van der Waals surface area contributed by atoms with Crippen molar-refractivity contribution in [2.75, 3.05) is 25.7 Å². The minimum absolute atomic E-state index is 0.191. The molecule has 0 radical (unpaired) electrons. The topological polar surface area (TPSA) is 51.4 Å². The van der Waals surface area contributed by atoms with E-state index < -0.39 is 0 Å². The van der Waals surface area contributed by atoms with Crippen LogP contribution in [0.1, 0.15) is 36.4 Å². The van der Waals surface area contributed by atoms with Gasteiger partial charge >= 0.3 is 0 Å². The van der Waals surface area contributed by atoms with Gasteiger partial charge in [0.05, 0.1) is 18.3 Å². The number of aromatic nitrogens is 1. The lowest BCUT2D eigenvalue weighted by Crippen LogP contribution is -2.32. The highest BCUT2D eigenvalue weighted by Crippen LogP contribution is 2.36. The van der Waals surface area contributed by atoms with Crippen LogP contribution in [0.5, 0.6) is 0 Å². The smallest absolute Gasteiger partial charge is 0.185 e. The van der Waals surface area contributed by atoms with Crippen LogP contribution >= 0.6 is 11.3 Å². The SMILES string of the molecule is COCC(C)N(C)c1nc2c(s1)C(N)CCC2. The molecule has 1 heterocycles. The number of aryl methyl sites for hydroxylation is 1. The lowest BCUT2D eigenvalue weighted by molar-refractivity contribution is 0.183. The average Bonchev–Trinajstić information content (AvgIpc) is 2.73. The Labute approximate surface area is 107 Å². The Kier molecular flexibility index (Phi) is 4.01. The number of thiazole rings is 1. The molecule has 0 saturated heterocycles. The van der Waals surface area contributed by atoms with E-state index in [2.05, 4.69) is 18.9 Å². The zero-order valence-electron chi connectivity index (χ0n) is 10.8. The Hall–Kier alpha value is -0.650. The van der Waals surface area contributed by atoms with Gasteiger partial charge in [-0.05, 0) is 26.2 Å². The predicted molar refractivity (Wildman–Crippen MR) is 71.7 cm³/mol. The Morgan fingerprint density at radius 2 is 2.41 bits per heavy atom. The van der Waals surface area contributed by atoms with Gasteiger partial charge in [-0.25, -0.2) is 4.98 Å². The van der Waals surface area contributed by atoms with Crippen molar-refractivity contribution in [1.29, 1.82) is 0 Å². The summed E-state index contributed by atoms with van der Waals surface area (Å²) in [4.78, 5) is 8.17. The normalized spacial score (nSPS) is 21.1. The van der Waals surface area contributed by atoms with Crippen molar-refractivity contribution in [2.24, 2.45) is 5.73 Å². The van der Waals surface area contributed by atoms with Gasteiger partial charge in [0.1, 0.15) is 0 Å². The Balaban J connectivity index is 2.17. The number of likely N-dealkylation sites (N-methyl/N-ethyl adjacent to an activating group) is 1. The van der Waals surface area contributed by atoms with E-state index in [4.69, 9.17) is 15.5 Å². The molecule has 2 atom stereocenters. The molecule has 0 amide bonds. The molecular weight excluding hydrogens is 234 g/mol. The molecule has 2 N–H and O–H groups in total. The lowest BCUT2D eigenvalue weighted by Gasteiger charge is -2.23. The summed E-state index contributed by atoms with van der Waals surface area (Å²) in [6.45, 7) is 2.86. The van der Waals surface area contributed by atoms with Crippen LogP contribution in [0.2, 0.25) is 0 Å². The summed E-state index contributed by atoms with van der Waals surface area (Å²) in [5.74, 6) is 0. The molecule has 5 heteroatoms. The zero-order chi connectivity index (χ0) is 12.4. The molecule has 0 bridgehead atoms. The number of methoxy groups -OCH3 is 1. The first-order valence-electron chi connectivity index (χ1n) is 6.10. The van der Waals surface area contributed by atoms with Gasteiger partial charge in [0.2, 0.25) is 0 Å². The number of nitrogens with two attached hydrogens (primary N) is 1. The maximum atomic E-state index is 6.12. The Bertz CT molecular complexity index is 380. The van der Waals surface area contributed by atoms with Crippen LogP contribution < -0.4 is 10.6 Å².